The van der Waals surface area contributed by atoms with Crippen molar-refractivity contribution in [3.63, 3.8) is 0 Å². The van der Waals surface area contributed by atoms with E-state index in [2.05, 4.69) is 10.0 Å². The molecular weight excluding hydrogens is 362 g/mol. The molecule has 3 aromatic rings. The van der Waals surface area contributed by atoms with Crippen LogP contribution in [-0.4, -0.2) is 16.2 Å². The number of nitrogens with zero attached hydrogens (tertiary/aromatic N) is 3. The van der Waals surface area contributed by atoms with E-state index in [9.17, 15) is 15.0 Å². The summed E-state index contributed by atoms with van der Waals surface area (Å²) in [6, 6.07) is 13.8. The van der Waals surface area contributed by atoms with Crippen LogP contribution >= 0.6 is 0 Å². The summed E-state index contributed by atoms with van der Waals surface area (Å²) in [5, 5.41) is 23.3. The summed E-state index contributed by atoms with van der Waals surface area (Å²) in [7, 11) is 0. The maximum atomic E-state index is 12.8. The number of rotatable bonds is 1. The van der Waals surface area contributed by atoms with Crippen LogP contribution in [-0.2, 0) is 10.3 Å². The third kappa shape index (κ3) is 2.00. The van der Waals surface area contributed by atoms with Gasteiger partial charge in [-0.1, -0.05) is 17.2 Å². The maximum absolute atomic E-state index is 12.8. The molecule has 2 heterocycles. The zero-order valence-electron chi connectivity index (χ0n) is 14.2. The number of esters is 1. The molecule has 2 N–H and O–H groups in total. The molecule has 0 saturated carbocycles. The van der Waals surface area contributed by atoms with Crippen LogP contribution in [0.2, 0.25) is 0 Å². The minimum Gasteiger partial charge on any atom is -0.508 e. The van der Waals surface area contributed by atoms with Gasteiger partial charge in [-0.25, -0.2) is 4.79 Å². The predicted octanol–water partition coefficient (Wildman–Crippen LogP) is 4.61. The fourth-order valence-electron chi connectivity index (χ4n) is 3.81. The van der Waals surface area contributed by atoms with E-state index >= 15 is 0 Å². The van der Waals surface area contributed by atoms with E-state index < -0.39 is 11.6 Å². The monoisotopic (exact) mass is 373 g/mol. The van der Waals surface area contributed by atoms with E-state index in [1.54, 1.807) is 24.3 Å². The first-order valence-electron chi connectivity index (χ1n) is 8.31. The van der Waals surface area contributed by atoms with Gasteiger partial charge in [-0.15, -0.1) is 0 Å². The Kier molecular flexibility index (Phi) is 3.11. The van der Waals surface area contributed by atoms with Crippen LogP contribution in [0.5, 0.6) is 23.0 Å². The van der Waals surface area contributed by atoms with E-state index in [1.165, 1.54) is 30.3 Å². The van der Waals surface area contributed by atoms with Gasteiger partial charge in [0, 0.05) is 39.4 Å². The van der Waals surface area contributed by atoms with Gasteiger partial charge < -0.3 is 19.7 Å². The Bertz CT molecular complexity index is 1180. The van der Waals surface area contributed by atoms with Crippen molar-refractivity contribution in [1.29, 1.82) is 0 Å². The van der Waals surface area contributed by atoms with E-state index in [0.717, 1.165) is 0 Å². The van der Waals surface area contributed by atoms with Crippen LogP contribution in [0.3, 0.4) is 0 Å². The lowest BCUT2D eigenvalue weighted by Gasteiger charge is -2.36. The van der Waals surface area contributed by atoms with E-state index in [0.29, 0.717) is 33.9 Å². The number of ether oxygens (including phenoxy) is 2. The molecule has 0 atom stereocenters. The average molecular weight is 373 g/mol. The molecule has 0 amide bonds. The van der Waals surface area contributed by atoms with Crippen molar-refractivity contribution in [3.05, 3.63) is 87.3 Å². The lowest BCUT2D eigenvalue weighted by atomic mass is 9.77. The van der Waals surface area contributed by atoms with Gasteiger partial charge in [-0.2, -0.15) is 0 Å². The second-order valence-electron chi connectivity index (χ2n) is 6.45. The van der Waals surface area contributed by atoms with Crippen molar-refractivity contribution in [3.8, 4) is 23.0 Å². The molecule has 0 saturated heterocycles. The number of azide groups is 1. The highest BCUT2D eigenvalue weighted by atomic mass is 16.6. The molecular formula is C20H11N3O5. The number of carbonyl (C=O) groups excluding carboxylic acids is 1. The molecule has 28 heavy (non-hydrogen) atoms. The molecule has 0 bridgehead atoms. The minimum atomic E-state index is -1.31. The van der Waals surface area contributed by atoms with Gasteiger partial charge in [0.15, 0.2) is 5.60 Å². The smallest absolute Gasteiger partial charge is 0.340 e. The van der Waals surface area contributed by atoms with Crippen LogP contribution in [0.25, 0.3) is 10.4 Å². The number of phenols is 2. The molecule has 0 aliphatic carbocycles. The Morgan fingerprint density at radius 3 is 2.11 bits per heavy atom. The molecule has 136 valence electrons. The Hall–Kier alpha value is -4.16. The van der Waals surface area contributed by atoms with Crippen molar-refractivity contribution in [2.75, 3.05) is 0 Å². The Labute approximate surface area is 157 Å². The zero-order valence-corrected chi connectivity index (χ0v) is 14.2. The molecule has 0 radical (unpaired) electrons. The van der Waals surface area contributed by atoms with Gasteiger partial charge in [0.1, 0.15) is 23.0 Å². The Balaban J connectivity index is 1.86. The maximum Gasteiger partial charge on any atom is 0.340 e. The summed E-state index contributed by atoms with van der Waals surface area (Å²) in [5.74, 6) is 0.00203. The number of hydrogen-bond donors (Lipinski definition) is 2. The second-order valence-corrected chi connectivity index (χ2v) is 6.45. The number of phenolic OH excluding ortho intramolecular Hbond substituents is 2. The minimum absolute atomic E-state index is 0.0132. The standard InChI is InChI=1S/C20H11N3O5/c21-23-22-10-1-4-14-13(7-10)19(26)28-20(14)15-5-2-11(24)8-17(15)27-18-9-12(25)3-6-16(18)20/h1-9,24-25H. The summed E-state index contributed by atoms with van der Waals surface area (Å²) in [6.07, 6.45) is 0. The molecule has 0 unspecified atom stereocenters. The van der Waals surface area contributed by atoms with Gasteiger partial charge in [0.2, 0.25) is 0 Å². The highest BCUT2D eigenvalue weighted by molar-refractivity contribution is 5.98. The van der Waals surface area contributed by atoms with Gasteiger partial charge in [-0.05, 0) is 35.9 Å². The summed E-state index contributed by atoms with van der Waals surface area (Å²) in [4.78, 5) is 15.5. The third-order valence-electron chi connectivity index (χ3n) is 4.92. The largest absolute Gasteiger partial charge is 0.508 e. The summed E-state index contributed by atoms with van der Waals surface area (Å²) >= 11 is 0. The van der Waals surface area contributed by atoms with Gasteiger partial charge in [-0.3, -0.25) is 0 Å². The number of fused-ring (bicyclic) bond motifs is 6. The highest BCUT2D eigenvalue weighted by Gasteiger charge is 2.53. The van der Waals surface area contributed by atoms with Crippen LogP contribution in [0.1, 0.15) is 27.0 Å². The van der Waals surface area contributed by atoms with Crippen LogP contribution in [0.4, 0.5) is 5.69 Å². The fraction of sp³-hybridized carbons (Fsp3) is 0.0500. The topological polar surface area (TPSA) is 125 Å². The summed E-state index contributed by atoms with van der Waals surface area (Å²) < 4.78 is 11.8. The van der Waals surface area contributed by atoms with Gasteiger partial charge in [0.05, 0.1) is 5.56 Å². The van der Waals surface area contributed by atoms with E-state index in [-0.39, 0.29) is 17.1 Å². The molecule has 1 spiro atoms. The quantitative estimate of drug-likeness (QED) is 0.279. The molecule has 3 aromatic carbocycles. The van der Waals surface area contributed by atoms with Gasteiger partial charge in [0.25, 0.3) is 0 Å². The van der Waals surface area contributed by atoms with Crippen LogP contribution in [0.15, 0.2) is 59.7 Å². The first kappa shape index (κ1) is 16.0. The molecule has 0 aromatic heterocycles. The molecule has 5 rings (SSSR count). The molecule has 8 nitrogen and oxygen atoms in total. The number of benzene rings is 3. The Morgan fingerprint density at radius 1 is 0.893 bits per heavy atom. The van der Waals surface area contributed by atoms with Gasteiger partial charge >= 0.3 is 5.97 Å². The fourth-order valence-corrected chi connectivity index (χ4v) is 3.81. The van der Waals surface area contributed by atoms with Crippen molar-refractivity contribution in [1.82, 2.24) is 0 Å². The van der Waals surface area contributed by atoms with Crippen LogP contribution < -0.4 is 4.74 Å². The number of aromatic hydroxyl groups is 2. The van der Waals surface area contributed by atoms with Crippen LogP contribution in [0, 0.1) is 0 Å². The molecule has 8 heteroatoms. The van der Waals surface area contributed by atoms with Crippen molar-refractivity contribution in [2.45, 2.75) is 5.60 Å². The predicted molar refractivity (Wildman–Crippen MR) is 96.8 cm³/mol. The van der Waals surface area contributed by atoms with Crippen molar-refractivity contribution in [2.24, 2.45) is 5.11 Å². The first-order chi connectivity index (χ1) is 13.5. The number of carbonyl (C=O) groups is 1. The van der Waals surface area contributed by atoms with Crippen molar-refractivity contribution < 1.29 is 24.5 Å². The SMILES string of the molecule is [N-]=[N+]=Nc1ccc2c(c1)C(=O)OC21c2ccc(O)cc2Oc2cc(O)ccc21. The van der Waals surface area contributed by atoms with E-state index in [4.69, 9.17) is 15.0 Å². The summed E-state index contributed by atoms with van der Waals surface area (Å²) in [6.45, 7) is 0. The molecule has 2 aliphatic heterocycles. The first-order valence-corrected chi connectivity index (χ1v) is 8.31. The average Bonchev–Trinajstić information content (AvgIpc) is 2.94. The molecule has 0 fully saturated rings. The number of hydrogen-bond acceptors (Lipinski definition) is 6. The lowest BCUT2D eigenvalue weighted by Crippen LogP contribution is -2.32. The van der Waals surface area contributed by atoms with Crippen molar-refractivity contribution >= 4 is 11.7 Å². The normalized spacial score (nSPS) is 14.9. The molecule has 2 aliphatic rings. The summed E-state index contributed by atoms with van der Waals surface area (Å²) in [5.41, 5.74) is 9.53. The second kappa shape index (κ2) is 5.42. The Morgan fingerprint density at radius 2 is 1.50 bits per heavy atom. The lowest BCUT2D eigenvalue weighted by molar-refractivity contribution is 0.0224. The zero-order chi connectivity index (χ0) is 19.5. The third-order valence-corrected chi connectivity index (χ3v) is 4.92. The van der Waals surface area contributed by atoms with E-state index in [1.807, 2.05) is 0 Å². The highest BCUT2D eigenvalue weighted by Crippen LogP contribution is 2.57.